The molecule has 1 atom stereocenters. The topological polar surface area (TPSA) is 171 Å². The van der Waals surface area contributed by atoms with Crippen molar-refractivity contribution in [1.82, 2.24) is 24.8 Å². The van der Waals surface area contributed by atoms with Crippen LogP contribution in [0, 0.1) is 0 Å². The van der Waals surface area contributed by atoms with Crippen LogP contribution in [0.5, 0.6) is 0 Å². The first kappa shape index (κ1) is 25.6. The molecule has 0 saturated carbocycles. The molecule has 1 aliphatic heterocycles. The molecule has 4 rings (SSSR count). The zero-order chi connectivity index (χ0) is 26.7. The summed E-state index contributed by atoms with van der Waals surface area (Å²) in [5.41, 5.74) is 6.18. The van der Waals surface area contributed by atoms with Gasteiger partial charge in [0.15, 0.2) is 17.3 Å². The summed E-state index contributed by atoms with van der Waals surface area (Å²) in [6.07, 6.45) is 3.31. The number of carbonyl (C=O) groups excluding carboxylic acids is 3. The highest BCUT2D eigenvalue weighted by Crippen LogP contribution is 2.34. The number of aromatic nitrogens is 4. The van der Waals surface area contributed by atoms with Crippen molar-refractivity contribution in [2.24, 2.45) is 5.73 Å². The van der Waals surface area contributed by atoms with Crippen molar-refractivity contribution in [3.8, 4) is 11.3 Å². The summed E-state index contributed by atoms with van der Waals surface area (Å²) >= 11 is 0. The molecule has 0 aliphatic carbocycles. The van der Waals surface area contributed by atoms with Crippen LogP contribution in [0.1, 0.15) is 72.7 Å². The lowest BCUT2D eigenvalue weighted by Crippen LogP contribution is -2.43. The van der Waals surface area contributed by atoms with E-state index in [1.165, 1.54) is 6.20 Å². The Morgan fingerprint density at radius 3 is 2.46 bits per heavy atom. The van der Waals surface area contributed by atoms with Crippen molar-refractivity contribution in [3.63, 3.8) is 0 Å². The summed E-state index contributed by atoms with van der Waals surface area (Å²) in [5.74, 6) is 5.84. The highest BCUT2D eigenvalue weighted by atomic mass is 16.6. The Morgan fingerprint density at radius 1 is 1.11 bits per heavy atom. The van der Waals surface area contributed by atoms with Gasteiger partial charge in [-0.3, -0.25) is 14.5 Å². The number of nitrogens with two attached hydrogens (primary N) is 2. The van der Waals surface area contributed by atoms with Crippen LogP contribution in [0.15, 0.2) is 42.6 Å². The van der Waals surface area contributed by atoms with E-state index in [0.717, 1.165) is 17.5 Å². The molecule has 0 spiro atoms. The molecule has 3 amide bonds. The molecule has 1 fully saturated rings. The fourth-order valence-corrected chi connectivity index (χ4v) is 4.20. The number of anilines is 1. The van der Waals surface area contributed by atoms with Gasteiger partial charge in [-0.1, -0.05) is 12.1 Å². The molecule has 12 heteroatoms. The number of rotatable bonds is 5. The number of nitrogen functional groups attached to an aromatic ring is 1. The molecule has 1 aromatic carbocycles. The van der Waals surface area contributed by atoms with Gasteiger partial charge in [-0.25, -0.2) is 14.5 Å². The van der Waals surface area contributed by atoms with Crippen molar-refractivity contribution < 1.29 is 19.1 Å². The molecule has 0 bridgehead atoms. The van der Waals surface area contributed by atoms with Gasteiger partial charge in [0.25, 0.3) is 11.8 Å². The number of imidazole rings is 1. The van der Waals surface area contributed by atoms with Crippen molar-refractivity contribution in [2.45, 2.75) is 51.7 Å². The first-order valence-electron chi connectivity index (χ1n) is 11.9. The van der Waals surface area contributed by atoms with Crippen molar-refractivity contribution in [3.05, 3.63) is 59.7 Å². The van der Waals surface area contributed by atoms with Gasteiger partial charge in [0.05, 0.1) is 6.04 Å². The van der Waals surface area contributed by atoms with Crippen LogP contribution in [0.4, 0.5) is 10.6 Å². The van der Waals surface area contributed by atoms with E-state index in [0.29, 0.717) is 35.7 Å². The van der Waals surface area contributed by atoms with E-state index in [9.17, 15) is 14.4 Å². The minimum atomic E-state index is -0.764. The number of hydrogen-bond donors (Lipinski definition) is 3. The number of benzene rings is 1. The fraction of sp³-hybridized carbons (Fsp3) is 0.360. The van der Waals surface area contributed by atoms with Crippen LogP contribution in [0.3, 0.4) is 0 Å². The van der Waals surface area contributed by atoms with Gasteiger partial charge in [0.1, 0.15) is 11.3 Å². The first-order valence-corrected chi connectivity index (χ1v) is 11.9. The third-order valence-electron chi connectivity index (χ3n) is 5.84. The van der Waals surface area contributed by atoms with E-state index in [1.807, 2.05) is 0 Å². The smallest absolute Gasteiger partial charge is 0.410 e. The lowest BCUT2D eigenvalue weighted by molar-refractivity contribution is 0.00821. The molecule has 1 aliphatic rings. The molecule has 3 heterocycles. The van der Waals surface area contributed by atoms with Gasteiger partial charge in [0.2, 0.25) is 0 Å². The maximum atomic E-state index is 12.9. The van der Waals surface area contributed by atoms with Crippen LogP contribution in [-0.4, -0.2) is 54.8 Å². The summed E-state index contributed by atoms with van der Waals surface area (Å²) in [6, 6.07) is 9.28. The lowest BCUT2D eigenvalue weighted by Gasteiger charge is -2.36. The first-order chi connectivity index (χ1) is 17.5. The number of nitrogens with zero attached hydrogens (tertiary/aromatic N) is 5. The van der Waals surface area contributed by atoms with E-state index in [1.54, 1.807) is 62.1 Å². The van der Waals surface area contributed by atoms with Crippen LogP contribution in [0.2, 0.25) is 0 Å². The Balaban J connectivity index is 1.64. The number of carbonyl (C=O) groups is 3. The molecule has 2 aromatic heterocycles. The summed E-state index contributed by atoms with van der Waals surface area (Å²) in [7, 11) is 0. The average Bonchev–Trinajstić information content (AvgIpc) is 3.21. The van der Waals surface area contributed by atoms with E-state index in [2.05, 4.69) is 20.5 Å². The molecule has 0 radical (unpaired) electrons. The second kappa shape index (κ2) is 10.2. The van der Waals surface area contributed by atoms with Crippen molar-refractivity contribution in [2.75, 3.05) is 17.7 Å². The largest absolute Gasteiger partial charge is 0.444 e. The minimum absolute atomic E-state index is 0.00136. The maximum Gasteiger partial charge on any atom is 0.410 e. The summed E-state index contributed by atoms with van der Waals surface area (Å²) in [6.45, 7) is 5.87. The van der Waals surface area contributed by atoms with Gasteiger partial charge >= 0.3 is 6.09 Å². The molecular weight excluding hydrogens is 476 g/mol. The quantitative estimate of drug-likeness (QED) is 0.443. The van der Waals surface area contributed by atoms with Crippen molar-refractivity contribution in [1.29, 1.82) is 0 Å². The number of ether oxygens (including phenoxy) is 1. The van der Waals surface area contributed by atoms with Crippen LogP contribution in [-0.2, 0) is 4.74 Å². The number of primary amides is 1. The Hall–Kier alpha value is -4.48. The lowest BCUT2D eigenvalue weighted by atomic mass is 10.0. The van der Waals surface area contributed by atoms with Gasteiger partial charge in [-0.05, 0) is 64.3 Å². The Kier molecular flexibility index (Phi) is 7.09. The molecular formula is C25H30N8O4. The average molecular weight is 507 g/mol. The third kappa shape index (κ3) is 5.68. The van der Waals surface area contributed by atoms with Gasteiger partial charge < -0.3 is 21.6 Å². The van der Waals surface area contributed by atoms with Gasteiger partial charge in [0, 0.05) is 23.9 Å². The minimum Gasteiger partial charge on any atom is -0.444 e. The number of amides is 3. The summed E-state index contributed by atoms with van der Waals surface area (Å²) < 4.78 is 6.74. The normalized spacial score (nSPS) is 15.8. The highest BCUT2D eigenvalue weighted by molar-refractivity contribution is 6.04. The Bertz CT molecular complexity index is 1300. The van der Waals surface area contributed by atoms with Crippen LogP contribution < -0.4 is 16.9 Å². The van der Waals surface area contributed by atoms with E-state index < -0.39 is 23.6 Å². The third-order valence-corrected chi connectivity index (χ3v) is 5.84. The van der Waals surface area contributed by atoms with E-state index >= 15 is 0 Å². The van der Waals surface area contributed by atoms with Crippen molar-refractivity contribution >= 4 is 23.7 Å². The SMILES string of the molecule is CC(C)(C)OC(=O)N1CCCCC1c1nc(-c2ccc(C(=O)Nc3cccnn3)cc2)c(C(N)=O)n1N. The Morgan fingerprint density at radius 2 is 1.84 bits per heavy atom. The standard InChI is InChI=1S/C25H30N8O4/c1-25(2,3)37-24(36)32-14-5-4-7-17(32)22-30-19(20(21(26)34)33(22)27)15-9-11-16(12-10-15)23(35)29-18-8-6-13-28-31-18/h6,8-13,17H,4-5,7,14,27H2,1-3H3,(H2,26,34)(H,29,31,35). The van der Waals surface area contributed by atoms with E-state index in [-0.39, 0.29) is 17.3 Å². The predicted octanol–water partition coefficient (Wildman–Crippen LogP) is 2.87. The Labute approximate surface area is 214 Å². The second-order valence-corrected chi connectivity index (χ2v) is 9.73. The van der Waals surface area contributed by atoms with Crippen LogP contribution in [0.25, 0.3) is 11.3 Å². The van der Waals surface area contributed by atoms with Gasteiger partial charge in [-0.2, -0.15) is 5.10 Å². The maximum absolute atomic E-state index is 12.9. The summed E-state index contributed by atoms with van der Waals surface area (Å²) in [4.78, 5) is 44.1. The van der Waals surface area contributed by atoms with Crippen LogP contribution >= 0.6 is 0 Å². The molecule has 37 heavy (non-hydrogen) atoms. The molecule has 1 unspecified atom stereocenters. The molecule has 12 nitrogen and oxygen atoms in total. The summed E-state index contributed by atoms with van der Waals surface area (Å²) in [5, 5.41) is 10.2. The number of piperidine rings is 1. The zero-order valence-corrected chi connectivity index (χ0v) is 21.0. The second-order valence-electron chi connectivity index (χ2n) is 9.73. The highest BCUT2D eigenvalue weighted by Gasteiger charge is 2.36. The molecule has 194 valence electrons. The number of nitrogens with one attached hydrogen (secondary N) is 1. The molecule has 1 saturated heterocycles. The fourth-order valence-electron chi connectivity index (χ4n) is 4.20. The van der Waals surface area contributed by atoms with E-state index in [4.69, 9.17) is 16.3 Å². The predicted molar refractivity (Wildman–Crippen MR) is 136 cm³/mol. The number of likely N-dealkylation sites (tertiary alicyclic amines) is 1. The van der Waals surface area contributed by atoms with Gasteiger partial charge in [-0.15, -0.1) is 5.10 Å². The zero-order valence-electron chi connectivity index (χ0n) is 21.0. The molecule has 3 aromatic rings. The monoisotopic (exact) mass is 506 g/mol. The number of hydrogen-bond acceptors (Lipinski definition) is 8. The molecule has 5 N–H and O–H groups in total.